The second-order valence-corrected chi connectivity index (χ2v) is 4.65. The number of hydrogen-bond donors (Lipinski definition) is 0. The molecule has 10 heavy (non-hydrogen) atoms. The molecule has 0 heterocycles. The summed E-state index contributed by atoms with van der Waals surface area (Å²) in [7, 11) is 0.409. The Bertz CT molecular complexity index is 216. The van der Waals surface area contributed by atoms with Crippen LogP contribution in [-0.4, -0.2) is 12.5 Å². The van der Waals surface area contributed by atoms with E-state index in [2.05, 4.69) is 43.7 Å². The van der Waals surface area contributed by atoms with Crippen LogP contribution in [-0.2, 0) is 10.9 Å². The summed E-state index contributed by atoms with van der Waals surface area (Å²) in [6.07, 6.45) is 4.50. The molecule has 0 radical (unpaired) electrons. The van der Waals surface area contributed by atoms with Crippen molar-refractivity contribution in [2.24, 2.45) is 0 Å². The first-order chi connectivity index (χ1) is 4.72. The highest BCUT2D eigenvalue weighted by Gasteiger charge is 2.09. The zero-order valence-corrected chi connectivity index (χ0v) is 7.53. The number of hydrogen-bond acceptors (Lipinski definition) is 0. The lowest BCUT2D eigenvalue weighted by Gasteiger charge is -1.98. The van der Waals surface area contributed by atoms with Crippen molar-refractivity contribution in [1.29, 1.82) is 0 Å². The minimum atomic E-state index is 0.409. The Morgan fingerprint density at radius 1 is 1.10 bits per heavy atom. The summed E-state index contributed by atoms with van der Waals surface area (Å²) in [4.78, 5) is 1.49. The van der Waals surface area contributed by atoms with E-state index in [0.717, 1.165) is 0 Å². The molecule has 0 unspecified atom stereocenters. The van der Waals surface area contributed by atoms with E-state index in [1.165, 1.54) is 10.5 Å². The molecule has 0 N–H and O–H groups in total. The van der Waals surface area contributed by atoms with Crippen LogP contribution in [0.5, 0.6) is 0 Å². The summed E-state index contributed by atoms with van der Waals surface area (Å²) >= 11 is 0. The van der Waals surface area contributed by atoms with E-state index >= 15 is 0 Å². The first-order valence-electron chi connectivity index (χ1n) is 3.35. The topological polar surface area (TPSA) is 0 Å². The van der Waals surface area contributed by atoms with Crippen molar-refractivity contribution in [1.82, 2.24) is 0 Å². The van der Waals surface area contributed by atoms with Crippen LogP contribution in [0.4, 0.5) is 0 Å². The van der Waals surface area contributed by atoms with Crippen LogP contribution < -0.4 is 0 Å². The second-order valence-electron chi connectivity index (χ2n) is 2.58. The van der Waals surface area contributed by atoms with Crippen molar-refractivity contribution in [3.05, 3.63) is 29.8 Å². The third-order valence-electron chi connectivity index (χ3n) is 1.53. The molecule has 0 saturated heterocycles. The molecule has 1 aromatic rings. The smallest absolute Gasteiger partial charge is 0.0616 e. The van der Waals surface area contributed by atoms with Gasteiger partial charge in [-0.1, -0.05) is 18.2 Å². The van der Waals surface area contributed by atoms with Crippen molar-refractivity contribution in [2.75, 3.05) is 12.5 Å². The van der Waals surface area contributed by atoms with Gasteiger partial charge in [-0.2, -0.15) is 0 Å². The standard InChI is InChI=1S/C9H13S/c1-8-6-4-5-7-9(8)10(2)3/h4-7H,1-3H3/q+1. The highest BCUT2D eigenvalue weighted by Crippen LogP contribution is 2.13. The van der Waals surface area contributed by atoms with Crippen LogP contribution in [0.2, 0.25) is 0 Å². The van der Waals surface area contributed by atoms with E-state index in [0.29, 0.717) is 10.9 Å². The highest BCUT2D eigenvalue weighted by molar-refractivity contribution is 7.95. The maximum atomic E-state index is 2.25. The third-order valence-corrected chi connectivity index (χ3v) is 2.87. The molecular weight excluding hydrogens is 140 g/mol. The van der Waals surface area contributed by atoms with Gasteiger partial charge in [0.2, 0.25) is 0 Å². The molecule has 54 valence electrons. The first kappa shape index (κ1) is 7.67. The average molecular weight is 153 g/mol. The lowest BCUT2D eigenvalue weighted by molar-refractivity contribution is 1.30. The summed E-state index contributed by atoms with van der Waals surface area (Å²) in [5, 5.41) is 0. The quantitative estimate of drug-likeness (QED) is 0.543. The van der Waals surface area contributed by atoms with Crippen LogP contribution in [0.1, 0.15) is 5.56 Å². The Balaban J connectivity index is 3.03. The zero-order valence-electron chi connectivity index (χ0n) is 6.72. The van der Waals surface area contributed by atoms with Crippen molar-refractivity contribution in [3.63, 3.8) is 0 Å². The fourth-order valence-electron chi connectivity index (χ4n) is 1.01. The molecule has 0 nitrogen and oxygen atoms in total. The molecule has 0 aliphatic carbocycles. The van der Waals surface area contributed by atoms with Gasteiger partial charge in [0.25, 0.3) is 0 Å². The van der Waals surface area contributed by atoms with E-state index in [1.807, 2.05) is 0 Å². The summed E-state index contributed by atoms with van der Waals surface area (Å²) in [6, 6.07) is 8.57. The van der Waals surface area contributed by atoms with Gasteiger partial charge in [0.05, 0.1) is 0 Å². The highest BCUT2D eigenvalue weighted by atomic mass is 32.2. The van der Waals surface area contributed by atoms with Crippen molar-refractivity contribution >= 4 is 10.9 Å². The first-order valence-corrected chi connectivity index (χ1v) is 5.39. The molecule has 1 rings (SSSR count). The number of benzene rings is 1. The zero-order chi connectivity index (χ0) is 7.56. The van der Waals surface area contributed by atoms with Gasteiger partial charge in [-0.3, -0.25) is 0 Å². The fourth-order valence-corrected chi connectivity index (χ4v) is 2.08. The minimum Gasteiger partial charge on any atom is -0.0616 e. The lowest BCUT2D eigenvalue weighted by atomic mass is 10.2. The SMILES string of the molecule is Cc1ccccc1[S+](C)C. The molecule has 0 saturated carbocycles. The van der Waals surface area contributed by atoms with Gasteiger partial charge in [-0.15, -0.1) is 0 Å². The predicted octanol–water partition coefficient (Wildman–Crippen LogP) is 2.23. The molecule has 0 atom stereocenters. The Hall–Kier alpha value is -0.430. The van der Waals surface area contributed by atoms with E-state index in [4.69, 9.17) is 0 Å². The van der Waals surface area contributed by atoms with Gasteiger partial charge in [0, 0.05) is 16.5 Å². The normalized spacial score (nSPS) is 10.4. The van der Waals surface area contributed by atoms with E-state index in [9.17, 15) is 0 Å². The second kappa shape index (κ2) is 3.11. The molecule has 0 amide bonds. The van der Waals surface area contributed by atoms with Gasteiger partial charge in [-0.05, 0) is 13.0 Å². The molecule has 0 fully saturated rings. The summed E-state index contributed by atoms with van der Waals surface area (Å²) < 4.78 is 0. The molecule has 0 aliphatic heterocycles. The van der Waals surface area contributed by atoms with Crippen LogP contribution in [0.25, 0.3) is 0 Å². The van der Waals surface area contributed by atoms with Crippen molar-refractivity contribution in [2.45, 2.75) is 11.8 Å². The molecule has 0 aliphatic rings. The molecular formula is C9H13S+. The average Bonchev–Trinajstić information content (AvgIpc) is 1.88. The predicted molar refractivity (Wildman–Crippen MR) is 48.7 cm³/mol. The largest absolute Gasteiger partial charge is 0.157 e. The lowest BCUT2D eigenvalue weighted by Crippen LogP contribution is -1.97. The van der Waals surface area contributed by atoms with Gasteiger partial charge >= 0.3 is 0 Å². The maximum absolute atomic E-state index is 2.25. The van der Waals surface area contributed by atoms with Crippen LogP contribution in [0, 0.1) is 6.92 Å². The fraction of sp³-hybridized carbons (Fsp3) is 0.333. The van der Waals surface area contributed by atoms with Crippen molar-refractivity contribution < 1.29 is 0 Å². The molecule has 0 bridgehead atoms. The Morgan fingerprint density at radius 3 is 2.10 bits per heavy atom. The van der Waals surface area contributed by atoms with Crippen molar-refractivity contribution in [3.8, 4) is 0 Å². The van der Waals surface area contributed by atoms with E-state index < -0.39 is 0 Å². The molecule has 1 heteroatoms. The molecule has 1 aromatic carbocycles. The Labute approximate surface area is 65.6 Å². The van der Waals surface area contributed by atoms with Crippen LogP contribution in [0.3, 0.4) is 0 Å². The Morgan fingerprint density at radius 2 is 1.70 bits per heavy atom. The van der Waals surface area contributed by atoms with E-state index in [1.54, 1.807) is 0 Å². The number of aryl methyl sites for hydroxylation is 1. The summed E-state index contributed by atoms with van der Waals surface area (Å²) in [6.45, 7) is 2.17. The van der Waals surface area contributed by atoms with E-state index in [-0.39, 0.29) is 0 Å². The summed E-state index contributed by atoms with van der Waals surface area (Å²) in [5.74, 6) is 0. The van der Waals surface area contributed by atoms with Crippen LogP contribution in [0.15, 0.2) is 29.2 Å². The minimum absolute atomic E-state index is 0.409. The maximum Gasteiger partial charge on any atom is 0.157 e. The number of rotatable bonds is 1. The van der Waals surface area contributed by atoms with Gasteiger partial charge in [0.1, 0.15) is 12.5 Å². The van der Waals surface area contributed by atoms with Gasteiger partial charge in [-0.25, -0.2) is 0 Å². The van der Waals surface area contributed by atoms with Crippen LogP contribution >= 0.6 is 0 Å². The van der Waals surface area contributed by atoms with Gasteiger partial charge < -0.3 is 0 Å². The molecule has 0 aromatic heterocycles. The summed E-state index contributed by atoms with van der Waals surface area (Å²) in [5.41, 5.74) is 1.41. The third kappa shape index (κ3) is 1.54. The Kier molecular flexibility index (Phi) is 2.39. The monoisotopic (exact) mass is 153 g/mol. The molecule has 0 spiro atoms. The van der Waals surface area contributed by atoms with Gasteiger partial charge in [0.15, 0.2) is 4.90 Å².